The summed E-state index contributed by atoms with van der Waals surface area (Å²) in [7, 11) is 1.41. The van der Waals surface area contributed by atoms with Crippen molar-refractivity contribution in [2.45, 2.75) is 32.1 Å². The number of ether oxygens (including phenoxy) is 1. The summed E-state index contributed by atoms with van der Waals surface area (Å²) in [6.45, 7) is 3.44. The zero-order valence-electron chi connectivity index (χ0n) is 20.2. The molecule has 8 nitrogen and oxygen atoms in total. The van der Waals surface area contributed by atoms with E-state index in [1.54, 1.807) is 0 Å². The van der Waals surface area contributed by atoms with E-state index in [2.05, 4.69) is 5.32 Å². The number of likely N-dealkylation sites (N-methyl/N-ethyl adjacent to an activating group) is 1. The van der Waals surface area contributed by atoms with Crippen LogP contribution in [0.4, 0.5) is 23.7 Å². The topological polar surface area (TPSA) is 103 Å². The summed E-state index contributed by atoms with van der Waals surface area (Å²) < 4.78 is 45.1. The van der Waals surface area contributed by atoms with E-state index >= 15 is 0 Å². The number of ketones is 1. The number of hydrogen-bond acceptors (Lipinski definition) is 5. The summed E-state index contributed by atoms with van der Waals surface area (Å²) in [6, 6.07) is 8.71. The van der Waals surface area contributed by atoms with Crippen molar-refractivity contribution in [1.82, 2.24) is 10.2 Å². The zero-order chi connectivity index (χ0) is 27.1. The first-order valence-corrected chi connectivity index (χ1v) is 11.3. The molecule has 1 saturated heterocycles. The summed E-state index contributed by atoms with van der Waals surface area (Å²) in [4.78, 5) is 41.9. The molecule has 11 heteroatoms. The summed E-state index contributed by atoms with van der Waals surface area (Å²) in [5.41, 5.74) is -0.0991. The Kier molecular flexibility index (Phi) is 6.80. The minimum atomic E-state index is -4.62. The Bertz CT molecular complexity index is 1360. The molecule has 0 aliphatic carbocycles. The molecule has 0 bridgehead atoms. The van der Waals surface area contributed by atoms with Gasteiger partial charge in [-0.15, -0.1) is 0 Å². The Hall–Kier alpha value is -4.17. The van der Waals surface area contributed by atoms with Gasteiger partial charge in [-0.3, -0.25) is 14.5 Å². The number of halogens is 3. The van der Waals surface area contributed by atoms with Crippen molar-refractivity contribution in [2.24, 2.45) is 0 Å². The molecule has 2 aliphatic heterocycles. The van der Waals surface area contributed by atoms with Crippen LogP contribution in [0.2, 0.25) is 0 Å². The molecule has 2 aromatic rings. The van der Waals surface area contributed by atoms with Crippen molar-refractivity contribution in [3.63, 3.8) is 0 Å². The number of nitrogens with one attached hydrogen (secondary N) is 1. The molecule has 0 spiro atoms. The lowest BCUT2D eigenvalue weighted by atomic mass is 9.87. The molecule has 4 rings (SSSR count). The van der Waals surface area contributed by atoms with Crippen LogP contribution < -0.4 is 10.2 Å². The lowest BCUT2D eigenvalue weighted by Gasteiger charge is -2.42. The molecule has 37 heavy (non-hydrogen) atoms. The Morgan fingerprint density at radius 1 is 1.16 bits per heavy atom. The van der Waals surface area contributed by atoms with E-state index in [4.69, 9.17) is 4.74 Å². The average Bonchev–Trinajstić information content (AvgIpc) is 2.82. The predicted molar refractivity (Wildman–Crippen MR) is 126 cm³/mol. The van der Waals surface area contributed by atoms with Gasteiger partial charge in [-0.25, -0.2) is 4.79 Å². The Balaban J connectivity index is 1.86. The van der Waals surface area contributed by atoms with E-state index in [1.165, 1.54) is 56.1 Å². The lowest BCUT2D eigenvalue weighted by molar-refractivity contribution is -0.137. The number of carbonyl (C=O) groups excluding carboxylic acids is 3. The van der Waals surface area contributed by atoms with Gasteiger partial charge in [0.25, 0.3) is 5.91 Å². The van der Waals surface area contributed by atoms with Crippen LogP contribution in [0.5, 0.6) is 0 Å². The second-order valence-electron chi connectivity index (χ2n) is 8.86. The van der Waals surface area contributed by atoms with Crippen LogP contribution in [0.25, 0.3) is 0 Å². The molecule has 1 N–H and O–H groups in total. The number of nitriles is 1. The number of benzene rings is 2. The summed E-state index contributed by atoms with van der Waals surface area (Å²) in [5.74, 6) is -0.927. The van der Waals surface area contributed by atoms with Gasteiger partial charge in [-0.05, 0) is 49.7 Å². The number of hydrogen-bond donors (Lipinski definition) is 1. The van der Waals surface area contributed by atoms with Crippen molar-refractivity contribution in [2.75, 3.05) is 25.2 Å². The molecule has 2 aromatic carbocycles. The first kappa shape index (κ1) is 25.9. The molecule has 1 fully saturated rings. The quantitative estimate of drug-likeness (QED) is 0.648. The number of rotatable bonds is 5. The van der Waals surface area contributed by atoms with Crippen LogP contribution in [-0.2, 0) is 15.7 Å². The maximum atomic E-state index is 13.5. The number of allylic oxidation sites excluding steroid dienone is 1. The third-order valence-corrected chi connectivity index (χ3v) is 6.38. The fourth-order valence-electron chi connectivity index (χ4n) is 4.50. The van der Waals surface area contributed by atoms with Crippen molar-refractivity contribution < 1.29 is 32.3 Å². The predicted octanol–water partition coefficient (Wildman–Crippen LogP) is 4.18. The highest BCUT2D eigenvalue weighted by Gasteiger charge is 2.41. The van der Waals surface area contributed by atoms with Crippen molar-refractivity contribution in [3.8, 4) is 6.07 Å². The van der Waals surface area contributed by atoms with Gasteiger partial charge in [0.2, 0.25) is 0 Å². The van der Waals surface area contributed by atoms with E-state index in [1.807, 2.05) is 6.07 Å². The maximum absolute atomic E-state index is 13.5. The zero-order valence-corrected chi connectivity index (χ0v) is 20.2. The van der Waals surface area contributed by atoms with Gasteiger partial charge in [0.1, 0.15) is 0 Å². The molecule has 1 atom stereocenters. The number of nitrogens with zero attached hydrogens (tertiary/aromatic N) is 3. The molecule has 0 radical (unpaired) electrons. The summed E-state index contributed by atoms with van der Waals surface area (Å²) in [6.07, 6.45) is -4.62. The number of carbonyl (C=O) groups is 3. The van der Waals surface area contributed by atoms with E-state index in [0.29, 0.717) is 18.8 Å². The third kappa shape index (κ3) is 4.80. The fraction of sp³-hybridized carbons (Fsp3) is 0.308. The molecule has 0 saturated carbocycles. The Labute approximate surface area is 210 Å². The van der Waals surface area contributed by atoms with Crippen LogP contribution in [0, 0.1) is 11.3 Å². The molecule has 1 unspecified atom stereocenters. The Morgan fingerprint density at radius 2 is 1.86 bits per heavy atom. The standard InChI is InChI=1S/C26H23F3N4O4/c1-14-22(15(2)34)23(20-8-7-16(11-30)9-21(20)24(35)31-18-12-37-13-18)32(3)25(36)33(14)19-6-4-5-17(10-19)26(27,28)29/h4-10,18,23H,12-13H2,1-3H3,(H,31,35). The van der Waals surface area contributed by atoms with Gasteiger partial charge in [-0.1, -0.05) is 12.1 Å². The smallest absolute Gasteiger partial charge is 0.377 e. The second kappa shape index (κ2) is 9.71. The molecule has 2 heterocycles. The minimum absolute atomic E-state index is 0.0517. The molecular formula is C26H23F3N4O4. The molecule has 2 aliphatic rings. The van der Waals surface area contributed by atoms with Crippen LogP contribution in [0.3, 0.4) is 0 Å². The van der Waals surface area contributed by atoms with Gasteiger partial charge >= 0.3 is 12.2 Å². The van der Waals surface area contributed by atoms with Crippen LogP contribution in [-0.4, -0.2) is 48.9 Å². The van der Waals surface area contributed by atoms with Gasteiger partial charge in [0.15, 0.2) is 5.78 Å². The largest absolute Gasteiger partial charge is 0.416 e. The van der Waals surface area contributed by atoms with Crippen molar-refractivity contribution in [1.29, 1.82) is 5.26 Å². The highest BCUT2D eigenvalue weighted by Crippen LogP contribution is 2.41. The summed E-state index contributed by atoms with van der Waals surface area (Å²) >= 11 is 0. The highest BCUT2D eigenvalue weighted by atomic mass is 19.4. The number of anilines is 1. The van der Waals surface area contributed by atoms with Crippen LogP contribution in [0.15, 0.2) is 53.7 Å². The normalized spacial score (nSPS) is 18.4. The maximum Gasteiger partial charge on any atom is 0.416 e. The van der Waals surface area contributed by atoms with Crippen LogP contribution in [0.1, 0.15) is 46.9 Å². The number of amides is 3. The number of alkyl halides is 3. The highest BCUT2D eigenvalue weighted by molar-refractivity contribution is 6.06. The first-order valence-electron chi connectivity index (χ1n) is 11.3. The average molecular weight is 512 g/mol. The second-order valence-corrected chi connectivity index (χ2v) is 8.86. The third-order valence-electron chi connectivity index (χ3n) is 6.38. The molecule has 192 valence electrons. The molecule has 0 aromatic heterocycles. The van der Waals surface area contributed by atoms with E-state index < -0.39 is 35.5 Å². The summed E-state index contributed by atoms with van der Waals surface area (Å²) in [5, 5.41) is 12.2. The van der Waals surface area contributed by atoms with Gasteiger partial charge in [0.05, 0.1) is 48.2 Å². The number of Topliss-reactive ketones (excluding diaryl/α,β-unsaturated/α-hetero) is 1. The van der Waals surface area contributed by atoms with Crippen LogP contribution >= 0.6 is 0 Å². The lowest BCUT2D eigenvalue weighted by Crippen LogP contribution is -2.50. The monoisotopic (exact) mass is 512 g/mol. The van der Waals surface area contributed by atoms with Gasteiger partial charge in [-0.2, -0.15) is 18.4 Å². The van der Waals surface area contributed by atoms with E-state index in [0.717, 1.165) is 17.0 Å². The first-order chi connectivity index (χ1) is 17.4. The van der Waals surface area contributed by atoms with Gasteiger partial charge in [0, 0.05) is 23.9 Å². The van der Waals surface area contributed by atoms with E-state index in [-0.39, 0.29) is 34.1 Å². The minimum Gasteiger partial charge on any atom is -0.377 e. The fourth-order valence-corrected chi connectivity index (χ4v) is 4.50. The molecule has 3 amide bonds. The van der Waals surface area contributed by atoms with Crippen molar-refractivity contribution >= 4 is 23.4 Å². The van der Waals surface area contributed by atoms with Crippen molar-refractivity contribution in [3.05, 3.63) is 76.0 Å². The Morgan fingerprint density at radius 3 is 2.43 bits per heavy atom. The van der Waals surface area contributed by atoms with Gasteiger partial charge < -0.3 is 15.0 Å². The van der Waals surface area contributed by atoms with E-state index in [9.17, 15) is 32.8 Å². The number of urea groups is 1. The SMILES string of the molecule is CC(=O)C1=C(C)N(c2cccc(C(F)(F)F)c2)C(=O)N(C)C1c1ccc(C#N)cc1C(=O)NC1COC1. The molecular weight excluding hydrogens is 489 g/mol.